The summed E-state index contributed by atoms with van der Waals surface area (Å²) in [6, 6.07) is 12.9. The molecule has 0 atom stereocenters. The third-order valence-electron chi connectivity index (χ3n) is 3.06. The Balaban J connectivity index is 2.23. The lowest BCUT2D eigenvalue weighted by atomic mass is 10.2. The van der Waals surface area contributed by atoms with Crippen molar-refractivity contribution in [3.05, 3.63) is 48.5 Å². The van der Waals surface area contributed by atoms with Gasteiger partial charge in [0.2, 0.25) is 9.84 Å². The molecule has 0 bridgehead atoms. The molecule has 0 saturated carbocycles. The minimum absolute atomic E-state index is 0.0443. The lowest BCUT2D eigenvalue weighted by Gasteiger charge is -2.21. The summed E-state index contributed by atoms with van der Waals surface area (Å²) in [5.41, 5.74) is -0.327. The topological polar surface area (TPSA) is 52.6 Å². The van der Waals surface area contributed by atoms with Crippen molar-refractivity contribution >= 4 is 9.84 Å². The number of hydrogen-bond acceptors (Lipinski definition) is 4. The van der Waals surface area contributed by atoms with Crippen molar-refractivity contribution in [3.8, 4) is 11.5 Å². The summed E-state index contributed by atoms with van der Waals surface area (Å²) >= 11 is 0. The van der Waals surface area contributed by atoms with Gasteiger partial charge >= 0.3 is 0 Å². The molecule has 130 valence electrons. The van der Waals surface area contributed by atoms with Crippen molar-refractivity contribution in [2.24, 2.45) is 0 Å². The summed E-state index contributed by atoms with van der Waals surface area (Å²) < 4.78 is 36.6. The highest BCUT2D eigenvalue weighted by Crippen LogP contribution is 2.26. The number of rotatable bonds is 5. The molecule has 0 aliphatic heterocycles. The van der Waals surface area contributed by atoms with E-state index in [-0.39, 0.29) is 21.5 Å². The molecule has 24 heavy (non-hydrogen) atoms. The molecule has 0 aromatic heterocycles. The van der Waals surface area contributed by atoms with Crippen molar-refractivity contribution in [1.82, 2.24) is 0 Å². The van der Waals surface area contributed by atoms with E-state index in [1.807, 2.05) is 34.6 Å². The smallest absolute Gasteiger partial charge is 0.206 e. The van der Waals surface area contributed by atoms with Gasteiger partial charge in [0.15, 0.2) is 0 Å². The maximum Gasteiger partial charge on any atom is 0.206 e. The fourth-order valence-electron chi connectivity index (χ4n) is 2.15. The van der Waals surface area contributed by atoms with E-state index < -0.39 is 9.84 Å². The van der Waals surface area contributed by atoms with E-state index in [1.165, 1.54) is 0 Å². The lowest BCUT2D eigenvalue weighted by molar-refractivity contribution is 0.131. The van der Waals surface area contributed by atoms with Gasteiger partial charge in [0.05, 0.1) is 15.9 Å². The van der Waals surface area contributed by atoms with Crippen molar-refractivity contribution in [2.45, 2.75) is 56.1 Å². The molecule has 4 nitrogen and oxygen atoms in total. The Kier molecular flexibility index (Phi) is 5.23. The molecule has 0 fully saturated rings. The molecule has 0 N–H and O–H groups in total. The van der Waals surface area contributed by atoms with E-state index in [9.17, 15) is 8.42 Å². The molecule has 0 aliphatic carbocycles. The minimum Gasteiger partial charge on any atom is -0.491 e. The van der Waals surface area contributed by atoms with Crippen molar-refractivity contribution in [1.29, 1.82) is 0 Å². The van der Waals surface area contributed by atoms with Crippen LogP contribution in [0.15, 0.2) is 58.3 Å². The first-order valence-electron chi connectivity index (χ1n) is 7.89. The van der Waals surface area contributed by atoms with Gasteiger partial charge in [0.1, 0.15) is 17.1 Å². The standard InChI is InChI=1S/C19H24O4S/c1-14(2)22-15-6-10-17(11-7-15)24(20,21)18-12-8-16(9-13-18)23-19(3,4)5/h6-14H,1-5H3. The Bertz CT molecular complexity index is 768. The highest BCUT2D eigenvalue weighted by atomic mass is 32.2. The summed E-state index contributed by atoms with van der Waals surface area (Å²) in [6.07, 6.45) is 0.0443. The Morgan fingerprint density at radius 1 is 0.792 bits per heavy atom. The first-order valence-corrected chi connectivity index (χ1v) is 9.37. The summed E-state index contributed by atoms with van der Waals surface area (Å²) in [7, 11) is -3.56. The zero-order valence-corrected chi connectivity index (χ0v) is 15.6. The minimum atomic E-state index is -3.56. The van der Waals surface area contributed by atoms with Crippen LogP contribution < -0.4 is 9.47 Å². The monoisotopic (exact) mass is 348 g/mol. The lowest BCUT2D eigenvalue weighted by Crippen LogP contribution is -2.22. The molecular weight excluding hydrogens is 324 g/mol. The van der Waals surface area contributed by atoms with Gasteiger partial charge in [-0.2, -0.15) is 0 Å². The Morgan fingerprint density at radius 3 is 1.58 bits per heavy atom. The highest BCUT2D eigenvalue weighted by molar-refractivity contribution is 7.91. The van der Waals surface area contributed by atoms with E-state index in [2.05, 4.69) is 0 Å². The molecule has 5 heteroatoms. The molecule has 2 rings (SSSR count). The first kappa shape index (κ1) is 18.3. The predicted molar refractivity (Wildman–Crippen MR) is 94.5 cm³/mol. The van der Waals surface area contributed by atoms with Gasteiger partial charge in [-0.25, -0.2) is 8.42 Å². The van der Waals surface area contributed by atoms with E-state index in [1.54, 1.807) is 48.5 Å². The second-order valence-corrected chi connectivity index (χ2v) is 8.78. The van der Waals surface area contributed by atoms with E-state index in [0.717, 1.165) is 0 Å². The van der Waals surface area contributed by atoms with E-state index in [4.69, 9.17) is 9.47 Å². The number of hydrogen-bond donors (Lipinski definition) is 0. The average Bonchev–Trinajstić information content (AvgIpc) is 2.46. The third kappa shape index (κ3) is 4.74. The van der Waals surface area contributed by atoms with Crippen LogP contribution in [0.5, 0.6) is 11.5 Å². The molecule has 0 spiro atoms. The van der Waals surface area contributed by atoms with Gasteiger partial charge in [-0.1, -0.05) is 0 Å². The van der Waals surface area contributed by atoms with Crippen LogP contribution >= 0.6 is 0 Å². The van der Waals surface area contributed by atoms with Gasteiger partial charge in [0.25, 0.3) is 0 Å². The van der Waals surface area contributed by atoms with Crippen LogP contribution in [-0.4, -0.2) is 20.1 Å². The highest BCUT2D eigenvalue weighted by Gasteiger charge is 2.18. The summed E-state index contributed by atoms with van der Waals surface area (Å²) in [5.74, 6) is 1.29. The average molecular weight is 348 g/mol. The van der Waals surface area contributed by atoms with Crippen molar-refractivity contribution in [2.75, 3.05) is 0 Å². The first-order chi connectivity index (χ1) is 11.1. The van der Waals surface area contributed by atoms with Crippen LogP contribution in [0.25, 0.3) is 0 Å². The fourth-order valence-corrected chi connectivity index (χ4v) is 3.41. The van der Waals surface area contributed by atoms with Gasteiger partial charge in [-0.3, -0.25) is 0 Å². The van der Waals surface area contributed by atoms with Gasteiger partial charge < -0.3 is 9.47 Å². The molecule has 2 aromatic carbocycles. The van der Waals surface area contributed by atoms with Crippen LogP contribution in [0.3, 0.4) is 0 Å². The van der Waals surface area contributed by atoms with E-state index in [0.29, 0.717) is 11.5 Å². The zero-order valence-electron chi connectivity index (χ0n) is 14.7. The van der Waals surface area contributed by atoms with Crippen molar-refractivity contribution in [3.63, 3.8) is 0 Å². The molecule has 0 amide bonds. The van der Waals surface area contributed by atoms with Gasteiger partial charge in [-0.05, 0) is 83.1 Å². The molecular formula is C19H24O4S. The number of sulfone groups is 1. The van der Waals surface area contributed by atoms with Crippen LogP contribution in [0.2, 0.25) is 0 Å². The van der Waals surface area contributed by atoms with Crippen LogP contribution in [-0.2, 0) is 9.84 Å². The van der Waals surface area contributed by atoms with Crippen LogP contribution in [0, 0.1) is 0 Å². The summed E-state index contributed by atoms with van der Waals surface area (Å²) in [6.45, 7) is 9.67. The zero-order chi connectivity index (χ0) is 18.0. The molecule has 2 aromatic rings. The van der Waals surface area contributed by atoms with Gasteiger partial charge in [0, 0.05) is 0 Å². The Hall–Kier alpha value is -2.01. The second-order valence-electron chi connectivity index (χ2n) is 6.83. The molecule has 0 unspecified atom stereocenters. The molecule has 0 heterocycles. The predicted octanol–water partition coefficient (Wildman–Crippen LogP) is 4.48. The van der Waals surface area contributed by atoms with Gasteiger partial charge in [-0.15, -0.1) is 0 Å². The molecule has 0 radical (unpaired) electrons. The SMILES string of the molecule is CC(C)Oc1ccc(S(=O)(=O)c2ccc(OC(C)(C)C)cc2)cc1. The maximum atomic E-state index is 12.7. The van der Waals surface area contributed by atoms with Crippen LogP contribution in [0.1, 0.15) is 34.6 Å². The maximum absolute atomic E-state index is 12.7. The molecule has 0 aliphatic rings. The Labute approximate surface area is 144 Å². The number of benzene rings is 2. The van der Waals surface area contributed by atoms with E-state index >= 15 is 0 Å². The largest absolute Gasteiger partial charge is 0.491 e. The second kappa shape index (κ2) is 6.85. The molecule has 0 saturated heterocycles. The number of ether oxygens (including phenoxy) is 2. The Morgan fingerprint density at radius 2 is 1.21 bits per heavy atom. The van der Waals surface area contributed by atoms with Crippen LogP contribution in [0.4, 0.5) is 0 Å². The summed E-state index contributed by atoms with van der Waals surface area (Å²) in [4.78, 5) is 0.476. The summed E-state index contributed by atoms with van der Waals surface area (Å²) in [5, 5.41) is 0. The normalized spacial score (nSPS) is 12.2. The third-order valence-corrected chi connectivity index (χ3v) is 4.85. The quantitative estimate of drug-likeness (QED) is 0.799. The fraction of sp³-hybridized carbons (Fsp3) is 0.368. The van der Waals surface area contributed by atoms with Crippen molar-refractivity contribution < 1.29 is 17.9 Å².